The molecule has 0 fully saturated rings. The first-order valence-electron chi connectivity index (χ1n) is 3.21. The van der Waals surface area contributed by atoms with E-state index in [1.54, 1.807) is 0 Å². The maximum absolute atomic E-state index is 5.29. The fourth-order valence-electron chi connectivity index (χ4n) is 0.493. The van der Waals surface area contributed by atoms with Gasteiger partial charge in [0.2, 0.25) is 0 Å². The zero-order valence-corrected chi connectivity index (χ0v) is 7.78. The lowest BCUT2D eigenvalue weighted by Gasteiger charge is -2.05. The molecule has 3 N–H and O–H groups in total. The van der Waals surface area contributed by atoms with E-state index in [2.05, 4.69) is 12.2 Å². The molecule has 0 rings (SSSR count). The van der Waals surface area contributed by atoms with E-state index in [1.165, 1.54) is 10.2 Å². The highest BCUT2D eigenvalue weighted by Gasteiger charge is 1.87. The molecule has 0 saturated carbocycles. The third kappa shape index (κ3) is 6.14. The number of hydrogen-bond acceptors (Lipinski definition) is 2. The molecule has 0 aromatic heterocycles. The molecule has 0 saturated heterocycles. The molecule has 2 nitrogen and oxygen atoms in total. The maximum atomic E-state index is 5.29. The normalized spacial score (nSPS) is 14.2. The van der Waals surface area contributed by atoms with Crippen molar-refractivity contribution >= 4 is 10.2 Å². The van der Waals surface area contributed by atoms with Crippen LogP contribution in [0.5, 0.6) is 0 Å². The highest BCUT2D eigenvalue weighted by atomic mass is 28.1. The highest BCUT2D eigenvalue weighted by Crippen LogP contribution is 1.72. The number of nitrogens with one attached hydrogen (secondary N) is 1. The molecule has 0 spiro atoms. The van der Waals surface area contributed by atoms with E-state index in [0.717, 1.165) is 25.2 Å². The molecule has 0 aromatic rings. The molecule has 0 aliphatic heterocycles. The van der Waals surface area contributed by atoms with Crippen LogP contribution in [0.3, 0.4) is 0 Å². The van der Waals surface area contributed by atoms with Crippen LogP contribution in [0.1, 0.15) is 13.3 Å². The second-order valence-corrected chi connectivity index (χ2v) is 3.98. The Bertz CT molecular complexity index is 47.7. The lowest BCUT2D eigenvalue weighted by Crippen LogP contribution is -2.28. The Labute approximate surface area is 54.3 Å². The van der Waals surface area contributed by atoms with Gasteiger partial charge in [0, 0.05) is 10.2 Å². The summed E-state index contributed by atoms with van der Waals surface area (Å²) in [5.74, 6) is 0. The van der Waals surface area contributed by atoms with E-state index in [4.69, 9.17) is 5.73 Å². The van der Waals surface area contributed by atoms with Gasteiger partial charge in [0.15, 0.2) is 0 Å². The van der Waals surface area contributed by atoms with Crippen LogP contribution < -0.4 is 11.1 Å². The average Bonchev–Trinajstić information content (AvgIpc) is 1.66. The Hall–Kier alpha value is 0.137. The van der Waals surface area contributed by atoms with Crippen molar-refractivity contribution in [2.45, 2.75) is 19.0 Å². The predicted octanol–water partition coefficient (Wildman–Crippen LogP) is -1.36. The van der Waals surface area contributed by atoms with Crippen LogP contribution in [-0.4, -0.2) is 29.0 Å². The molecular formula is C5H16N2Si. The van der Waals surface area contributed by atoms with Crippen LogP contribution in [0.15, 0.2) is 0 Å². The molecule has 3 heteroatoms. The summed E-state index contributed by atoms with van der Waals surface area (Å²) >= 11 is 0. The Morgan fingerprint density at radius 1 is 1.75 bits per heavy atom. The fraction of sp³-hybridized carbons (Fsp3) is 1.00. The molecule has 0 aliphatic rings. The first-order valence-corrected chi connectivity index (χ1v) is 4.36. The van der Waals surface area contributed by atoms with Gasteiger partial charge in [-0.15, -0.1) is 0 Å². The van der Waals surface area contributed by atoms with Crippen LogP contribution in [-0.2, 0) is 0 Å². The largest absolute Gasteiger partial charge is 0.330 e. The van der Waals surface area contributed by atoms with Crippen LogP contribution in [0.25, 0.3) is 0 Å². The molecule has 8 heavy (non-hydrogen) atoms. The smallest absolute Gasteiger partial charge is 0.0237 e. The monoisotopic (exact) mass is 132 g/mol. The summed E-state index contributed by atoms with van der Waals surface area (Å²) in [7, 11) is 1.23. The van der Waals surface area contributed by atoms with Crippen LogP contribution in [0, 0.1) is 0 Å². The maximum Gasteiger partial charge on any atom is 0.0237 e. The second-order valence-electron chi connectivity index (χ2n) is 2.25. The minimum Gasteiger partial charge on any atom is -0.330 e. The summed E-state index contributed by atoms with van der Waals surface area (Å²) in [4.78, 5) is 0. The van der Waals surface area contributed by atoms with Crippen molar-refractivity contribution in [3.05, 3.63) is 0 Å². The van der Waals surface area contributed by atoms with Gasteiger partial charge in [0.1, 0.15) is 0 Å². The third-order valence-corrected chi connectivity index (χ3v) is 1.34. The first kappa shape index (κ1) is 8.14. The van der Waals surface area contributed by atoms with Gasteiger partial charge >= 0.3 is 0 Å². The third-order valence-electron chi connectivity index (χ3n) is 0.933. The number of nitrogens with two attached hydrogens (primary N) is 1. The second kappa shape index (κ2) is 5.28. The summed E-state index contributed by atoms with van der Waals surface area (Å²) in [6, 6.07) is 0. The minimum absolute atomic E-state index is 0.738. The molecule has 0 bridgehead atoms. The van der Waals surface area contributed by atoms with Gasteiger partial charge in [0.25, 0.3) is 0 Å². The molecule has 0 aliphatic carbocycles. The molecule has 0 radical (unpaired) electrons. The van der Waals surface area contributed by atoms with Crippen molar-refractivity contribution in [2.24, 2.45) is 5.73 Å². The summed E-state index contributed by atoms with van der Waals surface area (Å²) < 4.78 is 0. The Morgan fingerprint density at radius 2 is 2.38 bits per heavy atom. The first-order chi connectivity index (χ1) is 3.77. The van der Waals surface area contributed by atoms with Gasteiger partial charge in [-0.2, -0.15) is 0 Å². The van der Waals surface area contributed by atoms with E-state index in [9.17, 15) is 0 Å². The summed E-state index contributed by atoms with van der Waals surface area (Å²) in [6.07, 6.45) is 1.10. The highest BCUT2D eigenvalue weighted by molar-refractivity contribution is 6.11. The predicted molar refractivity (Wildman–Crippen MR) is 41.1 cm³/mol. The number of hydrogen-bond donors (Lipinski definition) is 2. The van der Waals surface area contributed by atoms with Crippen LogP contribution in [0.4, 0.5) is 0 Å². The number of rotatable bonds is 4. The van der Waals surface area contributed by atoms with Crippen molar-refractivity contribution in [3.8, 4) is 0 Å². The molecule has 0 heterocycles. The zero-order valence-electron chi connectivity index (χ0n) is 5.78. The summed E-state index contributed by atoms with van der Waals surface area (Å²) in [5.41, 5.74) is 6.02. The van der Waals surface area contributed by atoms with E-state index < -0.39 is 0 Å². The van der Waals surface area contributed by atoms with E-state index in [-0.39, 0.29) is 0 Å². The van der Waals surface area contributed by atoms with Crippen LogP contribution >= 0.6 is 0 Å². The standard InChI is InChI=1S/C5H16N2Si/c1-5(8)7-4-2-3-6/h5,7H,2-4,6H2,1,8H3. The van der Waals surface area contributed by atoms with Gasteiger partial charge in [0.05, 0.1) is 0 Å². The SMILES string of the molecule is CC([SiH3])NCCCN. The Morgan fingerprint density at radius 3 is 2.75 bits per heavy atom. The van der Waals surface area contributed by atoms with E-state index >= 15 is 0 Å². The van der Waals surface area contributed by atoms with Crippen molar-refractivity contribution in [2.75, 3.05) is 13.1 Å². The lowest BCUT2D eigenvalue weighted by atomic mass is 10.4. The van der Waals surface area contributed by atoms with E-state index in [0.29, 0.717) is 0 Å². The van der Waals surface area contributed by atoms with Gasteiger partial charge in [-0.1, -0.05) is 6.92 Å². The van der Waals surface area contributed by atoms with Crippen molar-refractivity contribution in [3.63, 3.8) is 0 Å². The Balaban J connectivity index is 2.72. The molecule has 1 unspecified atom stereocenters. The fourth-order valence-corrected chi connectivity index (χ4v) is 0.781. The van der Waals surface area contributed by atoms with Crippen LogP contribution in [0.2, 0.25) is 0 Å². The minimum atomic E-state index is 0.738. The van der Waals surface area contributed by atoms with Gasteiger partial charge in [-0.3, -0.25) is 0 Å². The van der Waals surface area contributed by atoms with Gasteiger partial charge < -0.3 is 11.1 Å². The quantitative estimate of drug-likeness (QED) is 0.366. The molecule has 0 aromatic carbocycles. The molecule has 1 atom stereocenters. The summed E-state index contributed by atoms with van der Waals surface area (Å²) in [5, 5.41) is 3.33. The zero-order chi connectivity index (χ0) is 6.41. The van der Waals surface area contributed by atoms with Gasteiger partial charge in [-0.25, -0.2) is 0 Å². The molecule has 50 valence electrons. The van der Waals surface area contributed by atoms with Crippen molar-refractivity contribution in [1.82, 2.24) is 5.32 Å². The van der Waals surface area contributed by atoms with E-state index in [1.807, 2.05) is 0 Å². The van der Waals surface area contributed by atoms with Crippen molar-refractivity contribution in [1.29, 1.82) is 0 Å². The average molecular weight is 132 g/mol. The van der Waals surface area contributed by atoms with Crippen molar-refractivity contribution < 1.29 is 0 Å². The Kier molecular flexibility index (Phi) is 5.37. The van der Waals surface area contributed by atoms with Gasteiger partial charge in [-0.05, 0) is 25.2 Å². The molecular weight excluding hydrogens is 116 g/mol. The molecule has 0 amide bonds. The summed E-state index contributed by atoms with van der Waals surface area (Å²) in [6.45, 7) is 4.09. The lowest BCUT2D eigenvalue weighted by molar-refractivity contribution is 0.645. The topological polar surface area (TPSA) is 38.0 Å².